The van der Waals surface area contributed by atoms with Gasteiger partial charge in [0.25, 0.3) is 0 Å². The first kappa shape index (κ1) is 12.4. The van der Waals surface area contributed by atoms with Crippen LogP contribution in [0.2, 0.25) is 0 Å². The molecule has 15 heavy (non-hydrogen) atoms. The lowest BCUT2D eigenvalue weighted by Gasteiger charge is -2.13. The molecule has 0 aliphatic heterocycles. The molecular weight excluding hydrogens is 204 g/mol. The number of benzene rings is 1. The third-order valence-corrected chi connectivity index (χ3v) is 3.06. The lowest BCUT2D eigenvalue weighted by Crippen LogP contribution is -2.05. The summed E-state index contributed by atoms with van der Waals surface area (Å²) in [4.78, 5) is 1.35. The van der Waals surface area contributed by atoms with Gasteiger partial charge in [0.15, 0.2) is 0 Å². The van der Waals surface area contributed by atoms with Gasteiger partial charge in [-0.25, -0.2) is 0 Å². The van der Waals surface area contributed by atoms with Gasteiger partial charge in [0.2, 0.25) is 0 Å². The molecule has 0 aromatic heterocycles. The van der Waals surface area contributed by atoms with Crippen LogP contribution in [0.25, 0.3) is 0 Å². The fourth-order valence-corrected chi connectivity index (χ4v) is 2.25. The first-order chi connectivity index (χ1) is 6.99. The lowest BCUT2D eigenvalue weighted by atomic mass is 10.2. The fourth-order valence-electron chi connectivity index (χ4n) is 1.35. The maximum Gasteiger partial charge on any atom is 0.120 e. The molecule has 0 radical (unpaired) electrons. The predicted molar refractivity (Wildman–Crippen MR) is 67.9 cm³/mol. The molecule has 1 aromatic rings. The summed E-state index contributed by atoms with van der Waals surface area (Å²) in [6.07, 6.45) is 0.244. The maximum absolute atomic E-state index is 5.65. The van der Waals surface area contributed by atoms with Crippen molar-refractivity contribution in [3.05, 3.63) is 23.8 Å². The third-order valence-electron chi connectivity index (χ3n) is 1.88. The molecule has 0 aliphatic carbocycles. The topological polar surface area (TPSA) is 9.23 Å². The van der Waals surface area contributed by atoms with Crippen LogP contribution in [0.1, 0.15) is 33.3 Å². The van der Waals surface area contributed by atoms with Gasteiger partial charge >= 0.3 is 0 Å². The lowest BCUT2D eigenvalue weighted by molar-refractivity contribution is 0.242. The molecule has 1 nitrogen and oxygen atoms in total. The molecule has 1 aromatic carbocycles. The Morgan fingerprint density at radius 1 is 1.13 bits per heavy atom. The molecule has 0 amide bonds. The van der Waals surface area contributed by atoms with Crippen LogP contribution < -0.4 is 4.74 Å². The van der Waals surface area contributed by atoms with Crippen molar-refractivity contribution >= 4 is 11.8 Å². The van der Waals surface area contributed by atoms with E-state index in [0.29, 0.717) is 5.25 Å². The molecule has 0 atom stereocenters. The highest BCUT2D eigenvalue weighted by Crippen LogP contribution is 2.29. The van der Waals surface area contributed by atoms with Gasteiger partial charge in [-0.05, 0) is 44.5 Å². The number of rotatable bonds is 4. The number of aryl methyl sites for hydroxylation is 1. The van der Waals surface area contributed by atoms with Gasteiger partial charge in [0.1, 0.15) is 5.75 Å². The second kappa shape index (κ2) is 5.45. The molecule has 0 saturated heterocycles. The Morgan fingerprint density at radius 2 is 1.80 bits per heavy atom. The van der Waals surface area contributed by atoms with Gasteiger partial charge in [0.05, 0.1) is 6.10 Å². The van der Waals surface area contributed by atoms with Crippen LogP contribution in [-0.4, -0.2) is 11.4 Å². The molecule has 0 bridgehead atoms. The molecule has 0 unspecified atom stereocenters. The summed E-state index contributed by atoms with van der Waals surface area (Å²) in [7, 11) is 0. The van der Waals surface area contributed by atoms with Crippen LogP contribution in [0.3, 0.4) is 0 Å². The molecule has 84 valence electrons. The number of ether oxygens (including phenoxy) is 1. The van der Waals surface area contributed by atoms with E-state index in [4.69, 9.17) is 4.74 Å². The first-order valence-corrected chi connectivity index (χ1v) is 6.31. The van der Waals surface area contributed by atoms with Gasteiger partial charge in [-0.2, -0.15) is 0 Å². The zero-order valence-corrected chi connectivity index (χ0v) is 11.0. The molecule has 0 N–H and O–H groups in total. The van der Waals surface area contributed by atoms with E-state index in [1.807, 2.05) is 25.6 Å². The maximum atomic E-state index is 5.65. The highest BCUT2D eigenvalue weighted by molar-refractivity contribution is 8.00. The van der Waals surface area contributed by atoms with Gasteiger partial charge in [-0.3, -0.25) is 0 Å². The SMILES string of the molecule is Cc1cc(OC(C)C)ccc1SC(C)C. The van der Waals surface area contributed by atoms with E-state index in [0.717, 1.165) is 5.75 Å². The second-order valence-electron chi connectivity index (χ2n) is 4.26. The molecule has 2 heteroatoms. The smallest absolute Gasteiger partial charge is 0.120 e. The van der Waals surface area contributed by atoms with Gasteiger partial charge in [-0.15, -0.1) is 11.8 Å². The molecule has 0 aliphatic rings. The number of hydrogen-bond donors (Lipinski definition) is 0. The zero-order chi connectivity index (χ0) is 11.4. The Kier molecular flexibility index (Phi) is 4.52. The average Bonchev–Trinajstić information content (AvgIpc) is 2.08. The van der Waals surface area contributed by atoms with Crippen molar-refractivity contribution in [2.24, 2.45) is 0 Å². The van der Waals surface area contributed by atoms with E-state index in [9.17, 15) is 0 Å². The summed E-state index contributed by atoms with van der Waals surface area (Å²) in [5.74, 6) is 0.968. The largest absolute Gasteiger partial charge is 0.491 e. The van der Waals surface area contributed by atoms with E-state index in [2.05, 4.69) is 39.0 Å². The van der Waals surface area contributed by atoms with Crippen molar-refractivity contribution in [2.75, 3.05) is 0 Å². The molecule has 0 spiro atoms. The highest BCUT2D eigenvalue weighted by atomic mass is 32.2. The molecule has 1 rings (SSSR count). The number of thioether (sulfide) groups is 1. The Hall–Kier alpha value is -0.630. The van der Waals surface area contributed by atoms with Crippen molar-refractivity contribution in [1.29, 1.82) is 0 Å². The Balaban J connectivity index is 2.78. The molecular formula is C13H20OS. The summed E-state index contributed by atoms with van der Waals surface area (Å²) in [6, 6.07) is 6.32. The Labute approximate surface area is 97.2 Å². The van der Waals surface area contributed by atoms with Crippen LogP contribution in [0, 0.1) is 6.92 Å². The first-order valence-electron chi connectivity index (χ1n) is 5.43. The van der Waals surface area contributed by atoms with E-state index in [1.165, 1.54) is 10.5 Å². The van der Waals surface area contributed by atoms with Crippen LogP contribution in [0.15, 0.2) is 23.1 Å². The van der Waals surface area contributed by atoms with E-state index < -0.39 is 0 Å². The van der Waals surface area contributed by atoms with Crippen LogP contribution in [-0.2, 0) is 0 Å². The van der Waals surface area contributed by atoms with E-state index >= 15 is 0 Å². The summed E-state index contributed by atoms with van der Waals surface area (Å²) in [6.45, 7) is 10.7. The standard InChI is InChI=1S/C13H20OS/c1-9(2)14-12-6-7-13(11(5)8-12)15-10(3)4/h6-10H,1-5H3. The summed E-state index contributed by atoms with van der Waals surface area (Å²) >= 11 is 1.90. The van der Waals surface area contributed by atoms with Crippen LogP contribution >= 0.6 is 11.8 Å². The predicted octanol–water partition coefficient (Wildman–Crippen LogP) is 4.28. The van der Waals surface area contributed by atoms with Crippen molar-refractivity contribution < 1.29 is 4.74 Å². The van der Waals surface area contributed by atoms with Gasteiger partial charge in [-0.1, -0.05) is 13.8 Å². The average molecular weight is 224 g/mol. The van der Waals surface area contributed by atoms with Crippen molar-refractivity contribution in [2.45, 2.75) is 50.9 Å². The monoisotopic (exact) mass is 224 g/mol. The Morgan fingerprint density at radius 3 is 2.27 bits per heavy atom. The molecule has 0 heterocycles. The summed E-state index contributed by atoms with van der Waals surface area (Å²) < 4.78 is 5.65. The minimum absolute atomic E-state index is 0.244. The second-order valence-corrected chi connectivity index (χ2v) is 5.88. The van der Waals surface area contributed by atoms with Gasteiger partial charge < -0.3 is 4.74 Å². The Bertz CT molecular complexity index is 318. The van der Waals surface area contributed by atoms with Crippen molar-refractivity contribution in [1.82, 2.24) is 0 Å². The number of hydrogen-bond acceptors (Lipinski definition) is 2. The van der Waals surface area contributed by atoms with Gasteiger partial charge in [0, 0.05) is 10.1 Å². The minimum atomic E-state index is 0.244. The summed E-state index contributed by atoms with van der Waals surface area (Å²) in [5.41, 5.74) is 1.30. The van der Waals surface area contributed by atoms with Crippen molar-refractivity contribution in [3.8, 4) is 5.75 Å². The van der Waals surface area contributed by atoms with Crippen LogP contribution in [0.4, 0.5) is 0 Å². The molecule has 0 fully saturated rings. The minimum Gasteiger partial charge on any atom is -0.491 e. The third kappa shape index (κ3) is 4.17. The summed E-state index contributed by atoms with van der Waals surface area (Å²) in [5, 5.41) is 0.626. The normalized spacial score (nSPS) is 11.1. The van der Waals surface area contributed by atoms with Crippen LogP contribution in [0.5, 0.6) is 5.75 Å². The van der Waals surface area contributed by atoms with E-state index in [1.54, 1.807) is 0 Å². The molecule has 0 saturated carbocycles. The van der Waals surface area contributed by atoms with E-state index in [-0.39, 0.29) is 6.10 Å². The zero-order valence-electron chi connectivity index (χ0n) is 10.2. The quantitative estimate of drug-likeness (QED) is 0.706. The highest BCUT2D eigenvalue weighted by Gasteiger charge is 2.04. The fraction of sp³-hybridized carbons (Fsp3) is 0.538. The van der Waals surface area contributed by atoms with Crippen molar-refractivity contribution in [3.63, 3.8) is 0 Å².